The summed E-state index contributed by atoms with van der Waals surface area (Å²) in [5.74, 6) is 0.406. The Bertz CT molecular complexity index is 1480. The number of benzene rings is 4. The Hall–Kier alpha value is -4.43. The van der Waals surface area contributed by atoms with Gasteiger partial charge in [-0.3, -0.25) is 0 Å². The lowest BCUT2D eigenvalue weighted by molar-refractivity contribution is -0.656. The minimum Gasteiger partial charge on any atom is -0.418 e. The number of pyridine rings is 1. The Morgan fingerprint density at radius 3 is 1.38 bits per heavy atom. The van der Waals surface area contributed by atoms with E-state index in [1.54, 1.807) is 0 Å². The molecule has 0 spiro atoms. The molecule has 0 amide bonds. The molecule has 196 valence electrons. The van der Waals surface area contributed by atoms with Gasteiger partial charge in [0.2, 0.25) is 11.4 Å². The standard InChI is InChI=1S/C30H23ClN3.BF4/c31-27-18-16-25(17-19-27)30(32)33-34-28(23-12-6-2-7-13-23)20-26(22-10-4-1-5-11-22)21-29(34)24-14-8-3-9-15-24;2-1(3,4)5/h1-21H,(H2,32,33);/q+1;-1. The van der Waals surface area contributed by atoms with Crippen molar-refractivity contribution in [2.75, 3.05) is 0 Å². The number of amidine groups is 1. The summed E-state index contributed by atoms with van der Waals surface area (Å²) < 4.78 is 40.9. The van der Waals surface area contributed by atoms with E-state index in [1.165, 1.54) is 0 Å². The van der Waals surface area contributed by atoms with E-state index >= 15 is 0 Å². The number of nitrogens with zero attached hydrogens (tertiary/aromatic N) is 2. The average Bonchev–Trinajstić information content (AvgIpc) is 2.94. The first-order chi connectivity index (χ1) is 18.7. The quantitative estimate of drug-likeness (QED) is 0.0780. The molecule has 3 nitrogen and oxygen atoms in total. The predicted molar refractivity (Wildman–Crippen MR) is 151 cm³/mol. The summed E-state index contributed by atoms with van der Waals surface area (Å²) in [5, 5.41) is 5.57. The van der Waals surface area contributed by atoms with Gasteiger partial charge < -0.3 is 23.0 Å². The Morgan fingerprint density at radius 1 is 0.590 bits per heavy atom. The van der Waals surface area contributed by atoms with Crippen molar-refractivity contribution in [3.05, 3.63) is 138 Å². The molecule has 0 saturated heterocycles. The smallest absolute Gasteiger partial charge is 0.418 e. The zero-order valence-corrected chi connectivity index (χ0v) is 21.3. The van der Waals surface area contributed by atoms with Gasteiger partial charge in [-0.05, 0) is 64.3 Å². The summed E-state index contributed by atoms with van der Waals surface area (Å²) in [6.45, 7) is 0. The van der Waals surface area contributed by atoms with E-state index in [-0.39, 0.29) is 0 Å². The maximum Gasteiger partial charge on any atom is 0.673 e. The summed E-state index contributed by atoms with van der Waals surface area (Å²) in [6.07, 6.45) is 0. The van der Waals surface area contributed by atoms with E-state index in [0.717, 1.165) is 39.2 Å². The number of nitrogens with two attached hydrogens (primary N) is 1. The molecule has 2 N–H and O–H groups in total. The van der Waals surface area contributed by atoms with E-state index < -0.39 is 7.25 Å². The Labute approximate surface area is 228 Å². The third-order valence-electron chi connectivity index (χ3n) is 5.63. The summed E-state index contributed by atoms with van der Waals surface area (Å²) in [4.78, 5) is 0. The first-order valence-electron chi connectivity index (χ1n) is 11.9. The second kappa shape index (κ2) is 12.4. The monoisotopic (exact) mass is 547 g/mol. The van der Waals surface area contributed by atoms with Gasteiger partial charge in [-0.1, -0.05) is 78.3 Å². The van der Waals surface area contributed by atoms with Crippen LogP contribution in [0.25, 0.3) is 33.6 Å². The SMILES string of the molecule is F[B-](F)(F)F.N/C(=N\[n+]1c(-c2ccccc2)cc(-c2ccccc2)cc1-c1ccccc1)c1ccc(Cl)cc1. The van der Waals surface area contributed by atoms with Crippen molar-refractivity contribution in [2.24, 2.45) is 10.8 Å². The van der Waals surface area contributed by atoms with Crippen molar-refractivity contribution in [3.63, 3.8) is 0 Å². The number of hydrogen-bond donors (Lipinski definition) is 1. The highest BCUT2D eigenvalue weighted by atomic mass is 35.5. The molecule has 4 aromatic carbocycles. The van der Waals surface area contributed by atoms with Crippen LogP contribution in [0.2, 0.25) is 5.02 Å². The molecule has 0 unspecified atom stereocenters. The van der Waals surface area contributed by atoms with Crippen LogP contribution in [0.15, 0.2) is 132 Å². The van der Waals surface area contributed by atoms with Gasteiger partial charge in [-0.25, -0.2) is 0 Å². The molecule has 0 aliphatic rings. The van der Waals surface area contributed by atoms with E-state index in [2.05, 4.69) is 60.7 Å². The molecule has 0 bridgehead atoms. The fourth-order valence-corrected chi connectivity index (χ4v) is 4.03. The van der Waals surface area contributed by atoms with Crippen LogP contribution in [-0.2, 0) is 0 Å². The summed E-state index contributed by atoms with van der Waals surface area (Å²) in [5.41, 5.74) is 13.5. The van der Waals surface area contributed by atoms with Crippen molar-refractivity contribution in [1.82, 2.24) is 0 Å². The number of rotatable bonds is 5. The lowest BCUT2D eigenvalue weighted by Gasteiger charge is -2.09. The Balaban J connectivity index is 0.000000648. The Morgan fingerprint density at radius 2 is 0.974 bits per heavy atom. The van der Waals surface area contributed by atoms with Crippen molar-refractivity contribution in [3.8, 4) is 33.6 Å². The lowest BCUT2D eigenvalue weighted by atomic mass is 10.00. The number of hydrogen-bond acceptors (Lipinski definition) is 1. The first kappa shape index (κ1) is 27.6. The van der Waals surface area contributed by atoms with Crippen LogP contribution >= 0.6 is 11.6 Å². The minimum atomic E-state index is -6.00. The average molecular weight is 548 g/mol. The molecule has 1 heterocycles. The van der Waals surface area contributed by atoms with Gasteiger partial charge in [0.1, 0.15) is 0 Å². The topological polar surface area (TPSA) is 42.3 Å². The zero-order valence-electron chi connectivity index (χ0n) is 20.6. The minimum absolute atomic E-state index is 0.406. The van der Waals surface area contributed by atoms with Crippen molar-refractivity contribution in [1.29, 1.82) is 0 Å². The molecule has 0 radical (unpaired) electrons. The maximum atomic E-state index is 9.75. The zero-order chi connectivity index (χ0) is 27.8. The number of halogens is 5. The molecular weight excluding hydrogens is 525 g/mol. The van der Waals surface area contributed by atoms with Crippen LogP contribution in [0, 0.1) is 0 Å². The van der Waals surface area contributed by atoms with Gasteiger partial charge in [0.05, 0.1) is 0 Å². The van der Waals surface area contributed by atoms with Crippen LogP contribution in [-0.4, -0.2) is 13.1 Å². The molecule has 5 aromatic rings. The van der Waals surface area contributed by atoms with Crippen molar-refractivity contribution < 1.29 is 21.9 Å². The van der Waals surface area contributed by atoms with Crippen LogP contribution < -0.4 is 10.4 Å². The molecule has 1 aromatic heterocycles. The molecule has 0 atom stereocenters. The van der Waals surface area contributed by atoms with Gasteiger partial charge in [0.25, 0.3) is 0 Å². The van der Waals surface area contributed by atoms with Gasteiger partial charge in [0.15, 0.2) is 5.84 Å². The second-order valence-electron chi connectivity index (χ2n) is 8.41. The summed E-state index contributed by atoms with van der Waals surface area (Å²) in [6, 6.07) is 42.6. The van der Waals surface area contributed by atoms with Crippen LogP contribution in [0.5, 0.6) is 0 Å². The van der Waals surface area contributed by atoms with E-state index in [9.17, 15) is 17.3 Å². The lowest BCUT2D eigenvalue weighted by Crippen LogP contribution is -2.37. The van der Waals surface area contributed by atoms with Crippen LogP contribution in [0.4, 0.5) is 17.3 Å². The first-order valence-corrected chi connectivity index (χ1v) is 12.3. The van der Waals surface area contributed by atoms with Gasteiger partial charge >= 0.3 is 7.25 Å². The van der Waals surface area contributed by atoms with Gasteiger partial charge in [-0.2, -0.15) is 0 Å². The fourth-order valence-electron chi connectivity index (χ4n) is 3.91. The predicted octanol–water partition coefficient (Wildman–Crippen LogP) is 8.10. The molecule has 0 aliphatic carbocycles. The maximum absolute atomic E-state index is 9.75. The van der Waals surface area contributed by atoms with Crippen molar-refractivity contribution >= 4 is 24.7 Å². The highest BCUT2D eigenvalue weighted by Crippen LogP contribution is 2.29. The molecule has 9 heteroatoms. The number of aromatic nitrogens is 1. The van der Waals surface area contributed by atoms with E-state index in [0.29, 0.717) is 10.9 Å². The molecule has 5 rings (SSSR count). The van der Waals surface area contributed by atoms with Crippen LogP contribution in [0.1, 0.15) is 5.56 Å². The third-order valence-corrected chi connectivity index (χ3v) is 5.89. The van der Waals surface area contributed by atoms with Crippen LogP contribution in [0.3, 0.4) is 0 Å². The molecule has 0 fully saturated rings. The Kier molecular flexibility index (Phi) is 8.79. The molecule has 0 aliphatic heterocycles. The summed E-state index contributed by atoms with van der Waals surface area (Å²) >= 11 is 6.08. The summed E-state index contributed by atoms with van der Waals surface area (Å²) in [7, 11) is -6.00. The van der Waals surface area contributed by atoms with E-state index in [1.807, 2.05) is 71.4 Å². The van der Waals surface area contributed by atoms with Crippen molar-refractivity contribution in [2.45, 2.75) is 0 Å². The normalized spacial score (nSPS) is 11.5. The molecular formula is C30H23BClF4N3. The highest BCUT2D eigenvalue weighted by molar-refractivity contribution is 6.50. The molecule has 0 saturated carbocycles. The highest BCUT2D eigenvalue weighted by Gasteiger charge is 2.24. The van der Waals surface area contributed by atoms with Gasteiger partial charge in [0, 0.05) is 38.9 Å². The fraction of sp³-hybridized carbons (Fsp3) is 0. The molecule has 39 heavy (non-hydrogen) atoms. The third kappa shape index (κ3) is 7.78. The second-order valence-corrected chi connectivity index (χ2v) is 8.85. The largest absolute Gasteiger partial charge is 0.673 e. The van der Waals surface area contributed by atoms with Gasteiger partial charge in [-0.15, -0.1) is 0 Å². The van der Waals surface area contributed by atoms with E-state index in [4.69, 9.17) is 22.4 Å².